The smallest absolute Gasteiger partial charge is 0.229 e. The molecule has 1 saturated heterocycles. The largest absolute Gasteiger partial charge is 0.390 e. The number of carbonyl (C=O) groups is 4. The van der Waals surface area contributed by atoms with Crippen LogP contribution in [0, 0.1) is 29.6 Å². The molecule has 302 valence electrons. The summed E-state index contributed by atoms with van der Waals surface area (Å²) in [7, 11) is 8.46. The number of amides is 2. The van der Waals surface area contributed by atoms with Crippen LogP contribution in [0.1, 0.15) is 106 Å². The zero-order valence-electron chi connectivity index (χ0n) is 34.9. The van der Waals surface area contributed by atoms with Crippen molar-refractivity contribution in [3.05, 3.63) is 35.9 Å². The molecule has 0 spiro atoms. The number of aliphatic hydroxyl groups is 2. The van der Waals surface area contributed by atoms with E-state index in [1.807, 2.05) is 90.9 Å². The molecule has 0 saturated carbocycles. The minimum absolute atomic E-state index is 0.000852. The van der Waals surface area contributed by atoms with E-state index in [-0.39, 0.29) is 66.4 Å². The molecule has 10 atom stereocenters. The second-order valence-corrected chi connectivity index (χ2v) is 16.6. The Morgan fingerprint density at radius 1 is 0.906 bits per heavy atom. The second-order valence-electron chi connectivity index (χ2n) is 16.6. The standard InChI is InChI=1S/C42H71N3O8/c1-14-27(4)38(44(11)41(50)31(42(7,8)51)24-34(47)37(26(2)3)43(9)10)35(52-12)25-36(48)45-22-18-21-32(45)40(53-13)29(6)33(46)23-28(5)39(49)30-19-16-15-17-20-30/h15-17,19-20,26-29,31-32,35,37-40,49,51H,14,18,21-25H2,1-13H3/t27-,28-,29-,31+,32-,35+,37-,38-,39+,40+/m0/s1. The van der Waals surface area contributed by atoms with E-state index in [9.17, 15) is 29.4 Å². The van der Waals surface area contributed by atoms with Crippen molar-refractivity contribution in [2.45, 2.75) is 136 Å². The molecule has 0 aliphatic carbocycles. The second kappa shape index (κ2) is 20.8. The van der Waals surface area contributed by atoms with E-state index in [2.05, 4.69) is 0 Å². The molecular formula is C42H71N3O8. The van der Waals surface area contributed by atoms with E-state index in [1.165, 1.54) is 7.11 Å². The Morgan fingerprint density at radius 3 is 2.00 bits per heavy atom. The van der Waals surface area contributed by atoms with Crippen LogP contribution < -0.4 is 0 Å². The molecular weight excluding hydrogens is 674 g/mol. The summed E-state index contributed by atoms with van der Waals surface area (Å²) in [6.45, 7) is 15.3. The number of nitrogens with zero attached hydrogens (tertiary/aromatic N) is 3. The normalized spacial score (nSPS) is 20.3. The first kappa shape index (κ1) is 46.5. The third-order valence-corrected chi connectivity index (χ3v) is 11.6. The molecule has 2 rings (SSSR count). The lowest BCUT2D eigenvalue weighted by Crippen LogP contribution is -2.56. The van der Waals surface area contributed by atoms with Crippen LogP contribution in [0.15, 0.2) is 30.3 Å². The molecule has 0 unspecified atom stereocenters. The third-order valence-electron chi connectivity index (χ3n) is 11.6. The van der Waals surface area contributed by atoms with Gasteiger partial charge in [-0.25, -0.2) is 0 Å². The van der Waals surface area contributed by atoms with Gasteiger partial charge in [0.1, 0.15) is 5.78 Å². The number of rotatable bonds is 22. The van der Waals surface area contributed by atoms with Crippen LogP contribution in [0.25, 0.3) is 0 Å². The van der Waals surface area contributed by atoms with Gasteiger partial charge in [0.2, 0.25) is 11.8 Å². The maximum Gasteiger partial charge on any atom is 0.229 e. The first-order valence-corrected chi connectivity index (χ1v) is 19.5. The molecule has 0 radical (unpaired) electrons. The fourth-order valence-corrected chi connectivity index (χ4v) is 8.40. The Morgan fingerprint density at radius 2 is 1.51 bits per heavy atom. The average molecular weight is 746 g/mol. The summed E-state index contributed by atoms with van der Waals surface area (Å²) in [5, 5.41) is 22.1. The molecule has 2 N–H and O–H groups in total. The number of benzene rings is 1. The van der Waals surface area contributed by atoms with Crippen LogP contribution in [0.4, 0.5) is 0 Å². The summed E-state index contributed by atoms with van der Waals surface area (Å²) < 4.78 is 12.0. The number of hydrogen-bond donors (Lipinski definition) is 2. The first-order chi connectivity index (χ1) is 24.7. The van der Waals surface area contributed by atoms with Crippen molar-refractivity contribution >= 4 is 23.4 Å². The number of carbonyl (C=O) groups excluding carboxylic acids is 4. The zero-order chi connectivity index (χ0) is 40.4. The summed E-state index contributed by atoms with van der Waals surface area (Å²) in [6, 6.07) is 8.06. The highest BCUT2D eigenvalue weighted by molar-refractivity contribution is 5.90. The Labute approximate surface area is 319 Å². The summed E-state index contributed by atoms with van der Waals surface area (Å²) in [5.74, 6) is -2.53. The van der Waals surface area contributed by atoms with Gasteiger partial charge in [0.25, 0.3) is 0 Å². The van der Waals surface area contributed by atoms with E-state index < -0.39 is 47.8 Å². The SMILES string of the molecule is CC[C@H](C)[C@@H]([C@@H](CC(=O)N1CCC[C@H]1[C@H](OC)[C@@H](C)C(=O)C[C@H](C)[C@@H](O)c1ccccc1)OC)N(C)C(=O)[C@@H](CC(=O)[C@H](C(C)C)N(C)C)C(C)(C)O. The molecule has 1 aliphatic rings. The van der Waals surface area contributed by atoms with E-state index in [0.29, 0.717) is 19.4 Å². The van der Waals surface area contributed by atoms with Crippen molar-refractivity contribution in [1.29, 1.82) is 0 Å². The number of Topliss-reactive ketones (excluding diaryl/α,β-unsaturated/α-hetero) is 2. The highest BCUT2D eigenvalue weighted by Gasteiger charge is 2.45. The van der Waals surface area contributed by atoms with E-state index in [0.717, 1.165) is 12.0 Å². The Bertz CT molecular complexity index is 1310. The fraction of sp³-hybridized carbons (Fsp3) is 0.762. The van der Waals surface area contributed by atoms with Gasteiger partial charge in [-0.1, -0.05) is 78.3 Å². The van der Waals surface area contributed by atoms with Crippen molar-refractivity contribution in [1.82, 2.24) is 14.7 Å². The lowest BCUT2D eigenvalue weighted by molar-refractivity contribution is -0.154. The topological polar surface area (TPSA) is 137 Å². The molecule has 1 aromatic carbocycles. The maximum atomic E-state index is 14.3. The number of ketones is 2. The quantitative estimate of drug-likeness (QED) is 0.165. The van der Waals surface area contributed by atoms with Crippen molar-refractivity contribution in [2.75, 3.05) is 41.9 Å². The van der Waals surface area contributed by atoms with Crippen molar-refractivity contribution in [3.63, 3.8) is 0 Å². The van der Waals surface area contributed by atoms with Gasteiger partial charge in [-0.2, -0.15) is 0 Å². The third kappa shape index (κ3) is 12.1. The highest BCUT2D eigenvalue weighted by atomic mass is 16.5. The molecule has 11 nitrogen and oxygen atoms in total. The number of likely N-dealkylation sites (N-methyl/N-ethyl adjacent to an activating group) is 2. The predicted octanol–water partition coefficient (Wildman–Crippen LogP) is 5.17. The van der Waals surface area contributed by atoms with Crippen LogP contribution in [0.5, 0.6) is 0 Å². The van der Waals surface area contributed by atoms with E-state index >= 15 is 0 Å². The van der Waals surface area contributed by atoms with Crippen molar-refractivity contribution < 1.29 is 38.9 Å². The molecule has 53 heavy (non-hydrogen) atoms. The number of hydrogen-bond acceptors (Lipinski definition) is 9. The van der Waals surface area contributed by atoms with Gasteiger partial charge in [-0.15, -0.1) is 0 Å². The molecule has 2 amide bonds. The van der Waals surface area contributed by atoms with Crippen LogP contribution in [-0.4, -0.2) is 126 Å². The van der Waals surface area contributed by atoms with Gasteiger partial charge in [-0.3, -0.25) is 24.1 Å². The van der Waals surface area contributed by atoms with Crippen molar-refractivity contribution in [3.8, 4) is 0 Å². The van der Waals surface area contributed by atoms with Crippen LogP contribution in [-0.2, 0) is 28.7 Å². The first-order valence-electron chi connectivity index (χ1n) is 19.5. The summed E-state index contributed by atoms with van der Waals surface area (Å²) >= 11 is 0. The minimum Gasteiger partial charge on any atom is -0.390 e. The van der Waals surface area contributed by atoms with Gasteiger partial charge in [0.05, 0.1) is 54.4 Å². The maximum absolute atomic E-state index is 14.3. The lowest BCUT2D eigenvalue weighted by Gasteiger charge is -2.42. The van der Waals surface area contributed by atoms with Gasteiger partial charge in [0.15, 0.2) is 5.78 Å². The number of methoxy groups -OCH3 is 2. The zero-order valence-corrected chi connectivity index (χ0v) is 34.9. The van der Waals surface area contributed by atoms with Gasteiger partial charge < -0.3 is 29.5 Å². The Kier molecular flexibility index (Phi) is 18.3. The molecule has 11 heteroatoms. The van der Waals surface area contributed by atoms with Gasteiger partial charge in [-0.05, 0) is 64.1 Å². The van der Waals surface area contributed by atoms with Crippen molar-refractivity contribution in [2.24, 2.45) is 29.6 Å². The molecule has 1 heterocycles. The van der Waals surface area contributed by atoms with Crippen LogP contribution >= 0.6 is 0 Å². The molecule has 0 bridgehead atoms. The highest BCUT2D eigenvalue weighted by Crippen LogP contribution is 2.33. The van der Waals surface area contributed by atoms with Gasteiger partial charge in [0, 0.05) is 46.6 Å². The summed E-state index contributed by atoms with van der Waals surface area (Å²) in [6.07, 6.45) is 0.216. The number of aliphatic hydroxyl groups excluding tert-OH is 1. The summed E-state index contributed by atoms with van der Waals surface area (Å²) in [5.41, 5.74) is -0.711. The number of ether oxygens (including phenoxy) is 2. The molecule has 1 fully saturated rings. The predicted molar refractivity (Wildman–Crippen MR) is 208 cm³/mol. The minimum atomic E-state index is -1.48. The summed E-state index contributed by atoms with van der Waals surface area (Å²) in [4.78, 5) is 60.9. The average Bonchev–Trinajstić information content (AvgIpc) is 3.58. The van der Waals surface area contributed by atoms with Crippen LogP contribution in [0.3, 0.4) is 0 Å². The van der Waals surface area contributed by atoms with Gasteiger partial charge >= 0.3 is 0 Å². The molecule has 0 aromatic heterocycles. The monoisotopic (exact) mass is 746 g/mol. The molecule has 1 aliphatic heterocycles. The number of likely N-dealkylation sites (tertiary alicyclic amines) is 1. The molecule has 1 aromatic rings. The Balaban J connectivity index is 2.29. The van der Waals surface area contributed by atoms with E-state index in [1.54, 1.807) is 37.8 Å². The van der Waals surface area contributed by atoms with E-state index in [4.69, 9.17) is 9.47 Å². The Hall–Kier alpha value is -2.70. The lowest BCUT2D eigenvalue weighted by atomic mass is 9.81. The van der Waals surface area contributed by atoms with Crippen LogP contribution in [0.2, 0.25) is 0 Å². The fourth-order valence-electron chi connectivity index (χ4n) is 8.40.